The molecular weight excluding hydrogens is 455 g/mol. The van der Waals surface area contributed by atoms with E-state index < -0.39 is 29.6 Å². The van der Waals surface area contributed by atoms with Crippen molar-refractivity contribution in [3.8, 4) is 10.4 Å². The molecule has 2 unspecified atom stereocenters. The molecule has 1 aromatic carbocycles. The Morgan fingerprint density at radius 3 is 2.47 bits per heavy atom. The first-order valence-corrected chi connectivity index (χ1v) is 12.7. The van der Waals surface area contributed by atoms with E-state index in [1.165, 1.54) is 11.8 Å². The number of hydrogen-bond acceptors (Lipinski definition) is 5. The largest absolute Gasteiger partial charge is 0.350 e. The number of carbonyl (C=O) groups is 3. The summed E-state index contributed by atoms with van der Waals surface area (Å²) in [5.41, 5.74) is 3.12. The number of carbonyl (C=O) groups excluding carboxylic acids is 3. The molecule has 184 valence electrons. The van der Waals surface area contributed by atoms with Gasteiger partial charge >= 0.3 is 0 Å². The average Bonchev–Trinajstić information content (AvgIpc) is 3.21. The van der Waals surface area contributed by atoms with Crippen LogP contribution in [-0.2, 0) is 20.9 Å². The molecule has 4 rings (SSSR count). The molecule has 0 radical (unpaired) electrons. The molecule has 2 heterocycles. The Hall–Kier alpha value is -2.81. The number of amides is 3. The van der Waals surface area contributed by atoms with Gasteiger partial charge in [0, 0.05) is 20.0 Å². The zero-order valence-corrected chi connectivity index (χ0v) is 21.0. The maximum absolute atomic E-state index is 14.7. The molecule has 2 fully saturated rings. The molecule has 3 amide bonds. The summed E-state index contributed by atoms with van der Waals surface area (Å²) in [6.45, 7) is 7.95. The summed E-state index contributed by atoms with van der Waals surface area (Å²) in [7, 11) is 0. The van der Waals surface area contributed by atoms with Gasteiger partial charge in [0.05, 0.1) is 16.1 Å². The van der Waals surface area contributed by atoms with Crippen LogP contribution in [0.5, 0.6) is 0 Å². The van der Waals surface area contributed by atoms with Gasteiger partial charge in [-0.3, -0.25) is 14.4 Å². The zero-order valence-electron chi connectivity index (χ0n) is 20.2. The fraction of sp³-hybridized carbons (Fsp3) is 0.520. The number of rotatable bonds is 7. The number of nitrogens with zero attached hydrogens (tertiary/aromatic N) is 2. The van der Waals surface area contributed by atoms with Crippen LogP contribution >= 0.6 is 11.3 Å². The second-order valence-corrected chi connectivity index (χ2v) is 9.39. The molecule has 0 spiro atoms. The van der Waals surface area contributed by atoms with Gasteiger partial charge < -0.3 is 15.5 Å². The minimum atomic E-state index is -1.70. The number of aromatic nitrogens is 1. The first-order valence-electron chi connectivity index (χ1n) is 11.8. The summed E-state index contributed by atoms with van der Waals surface area (Å²) in [4.78, 5) is 44.2. The number of halogens is 1. The van der Waals surface area contributed by atoms with E-state index in [-0.39, 0.29) is 18.7 Å². The highest BCUT2D eigenvalue weighted by atomic mass is 32.1. The van der Waals surface area contributed by atoms with Crippen LogP contribution in [0.1, 0.15) is 57.7 Å². The number of alkyl halides is 1. The molecular formula is C25H33FN4O3S. The van der Waals surface area contributed by atoms with E-state index in [2.05, 4.69) is 15.6 Å². The molecule has 1 aromatic heterocycles. The van der Waals surface area contributed by atoms with Crippen molar-refractivity contribution in [3.63, 3.8) is 0 Å². The van der Waals surface area contributed by atoms with E-state index in [1.807, 2.05) is 50.5 Å². The number of nitrogens with one attached hydrogen (secondary N) is 2. The normalized spacial score (nSPS) is 19.0. The lowest BCUT2D eigenvalue weighted by molar-refractivity contribution is -0.143. The van der Waals surface area contributed by atoms with Crippen molar-refractivity contribution in [2.24, 2.45) is 0 Å². The van der Waals surface area contributed by atoms with E-state index in [0.717, 1.165) is 21.7 Å². The van der Waals surface area contributed by atoms with Crippen molar-refractivity contribution >= 4 is 29.1 Å². The number of likely N-dealkylation sites (tertiary alicyclic amines) is 1. The van der Waals surface area contributed by atoms with E-state index in [4.69, 9.17) is 0 Å². The van der Waals surface area contributed by atoms with Gasteiger partial charge in [-0.2, -0.15) is 0 Å². The van der Waals surface area contributed by atoms with Crippen molar-refractivity contribution in [2.75, 3.05) is 6.54 Å². The van der Waals surface area contributed by atoms with Gasteiger partial charge in [-0.15, -0.1) is 11.3 Å². The predicted octanol–water partition coefficient (Wildman–Crippen LogP) is 3.76. The van der Waals surface area contributed by atoms with E-state index in [9.17, 15) is 18.8 Å². The van der Waals surface area contributed by atoms with Crippen molar-refractivity contribution < 1.29 is 18.8 Å². The van der Waals surface area contributed by atoms with E-state index in [1.54, 1.807) is 11.3 Å². The minimum Gasteiger partial charge on any atom is -0.350 e. The van der Waals surface area contributed by atoms with Crippen LogP contribution < -0.4 is 10.6 Å². The van der Waals surface area contributed by atoms with Crippen LogP contribution in [0, 0.1) is 6.92 Å². The maximum Gasteiger partial charge on any atom is 0.249 e. The summed E-state index contributed by atoms with van der Waals surface area (Å²) < 4.78 is 14.7. The fourth-order valence-corrected chi connectivity index (χ4v) is 4.96. The van der Waals surface area contributed by atoms with Crippen LogP contribution in [0.3, 0.4) is 0 Å². The molecule has 9 heteroatoms. The highest BCUT2D eigenvalue weighted by Gasteiger charge is 2.56. The first-order chi connectivity index (χ1) is 16.3. The quantitative estimate of drug-likeness (QED) is 0.621. The Kier molecular flexibility index (Phi) is 8.41. The number of hydrogen-bond donors (Lipinski definition) is 2. The van der Waals surface area contributed by atoms with Crippen LogP contribution in [0.4, 0.5) is 4.39 Å². The number of thiazole rings is 1. The Morgan fingerprint density at radius 2 is 1.91 bits per heavy atom. The lowest BCUT2D eigenvalue weighted by Gasteiger charge is -2.30. The molecule has 7 nitrogen and oxygen atoms in total. The predicted molar refractivity (Wildman–Crippen MR) is 131 cm³/mol. The Morgan fingerprint density at radius 1 is 1.24 bits per heavy atom. The SMILES string of the molecule is CC.CC(=O)NC(C(=O)N1CCCC1C(=O)NCc1ccc(-c2scnc2C)cc1)C1(F)CC1. The number of aryl methyl sites for hydroxylation is 1. The Bertz CT molecular complexity index is 1020. The van der Waals surface area contributed by atoms with Gasteiger partial charge in [-0.25, -0.2) is 9.37 Å². The Balaban J connectivity index is 0.00000158. The van der Waals surface area contributed by atoms with Gasteiger partial charge in [-0.1, -0.05) is 38.1 Å². The third kappa shape index (κ3) is 5.81. The Labute approximate surface area is 204 Å². The monoisotopic (exact) mass is 488 g/mol. The molecule has 2 N–H and O–H groups in total. The molecule has 1 aliphatic heterocycles. The van der Waals surface area contributed by atoms with Gasteiger partial charge in [0.15, 0.2) is 0 Å². The van der Waals surface area contributed by atoms with Crippen molar-refractivity contribution in [1.29, 1.82) is 0 Å². The molecule has 1 aliphatic carbocycles. The van der Waals surface area contributed by atoms with Crippen LogP contribution in [0.25, 0.3) is 10.4 Å². The highest BCUT2D eigenvalue weighted by molar-refractivity contribution is 7.13. The summed E-state index contributed by atoms with van der Waals surface area (Å²) in [6.07, 6.45) is 1.67. The van der Waals surface area contributed by atoms with Crippen LogP contribution in [-0.4, -0.2) is 51.9 Å². The summed E-state index contributed by atoms with van der Waals surface area (Å²) in [6, 6.07) is 6.04. The third-order valence-corrected chi connectivity index (χ3v) is 7.08. The first kappa shape index (κ1) is 25.8. The molecule has 2 aromatic rings. The second kappa shape index (κ2) is 11.1. The maximum atomic E-state index is 14.7. The van der Waals surface area contributed by atoms with E-state index >= 15 is 0 Å². The van der Waals surface area contributed by atoms with Crippen molar-refractivity contribution in [2.45, 2.75) is 77.7 Å². The molecule has 34 heavy (non-hydrogen) atoms. The molecule has 2 aliphatic rings. The van der Waals surface area contributed by atoms with E-state index in [0.29, 0.717) is 25.9 Å². The lowest BCUT2D eigenvalue weighted by Crippen LogP contribution is -2.57. The molecule has 0 bridgehead atoms. The van der Waals surface area contributed by atoms with Gasteiger partial charge in [0.2, 0.25) is 17.7 Å². The zero-order chi connectivity index (χ0) is 24.9. The van der Waals surface area contributed by atoms with Crippen molar-refractivity contribution in [1.82, 2.24) is 20.5 Å². The standard InChI is InChI=1S/C23H27FN4O3S.C2H6/c1-14-19(32-13-26-14)17-7-5-16(6-8-17)12-25-21(30)18-4-3-11-28(18)22(31)20(27-15(2)29)23(24)9-10-23;1-2/h5-8,13,18,20H,3-4,9-12H2,1-2H3,(H,25,30)(H,27,29);1-2H3. The van der Waals surface area contributed by atoms with Gasteiger partial charge in [-0.05, 0) is 43.7 Å². The fourth-order valence-electron chi connectivity index (χ4n) is 4.15. The molecule has 1 saturated carbocycles. The summed E-state index contributed by atoms with van der Waals surface area (Å²) in [5.74, 6) is -1.23. The molecule has 1 saturated heterocycles. The van der Waals surface area contributed by atoms with Crippen molar-refractivity contribution in [3.05, 3.63) is 41.0 Å². The highest BCUT2D eigenvalue weighted by Crippen LogP contribution is 2.44. The van der Waals surface area contributed by atoms with Gasteiger partial charge in [0.1, 0.15) is 17.8 Å². The second-order valence-electron chi connectivity index (χ2n) is 8.54. The molecule has 2 atom stereocenters. The van der Waals surface area contributed by atoms with Gasteiger partial charge in [0.25, 0.3) is 0 Å². The topological polar surface area (TPSA) is 91.4 Å². The third-order valence-electron chi connectivity index (χ3n) is 6.11. The smallest absolute Gasteiger partial charge is 0.249 e. The van der Waals surface area contributed by atoms with Crippen LogP contribution in [0.15, 0.2) is 29.8 Å². The van der Waals surface area contributed by atoms with Crippen LogP contribution in [0.2, 0.25) is 0 Å². The number of benzene rings is 1. The summed E-state index contributed by atoms with van der Waals surface area (Å²) in [5, 5.41) is 5.36. The lowest BCUT2D eigenvalue weighted by atomic mass is 10.1. The minimum absolute atomic E-state index is 0.242. The average molecular weight is 489 g/mol. The summed E-state index contributed by atoms with van der Waals surface area (Å²) >= 11 is 1.59.